The van der Waals surface area contributed by atoms with Gasteiger partial charge in [-0.15, -0.1) is 0 Å². The molecule has 2 fully saturated rings. The van der Waals surface area contributed by atoms with Crippen LogP contribution in [0.1, 0.15) is 31.2 Å². The van der Waals surface area contributed by atoms with E-state index in [2.05, 4.69) is 16.3 Å². The summed E-state index contributed by atoms with van der Waals surface area (Å²) in [6.07, 6.45) is 4.77. The van der Waals surface area contributed by atoms with Gasteiger partial charge < -0.3 is 5.32 Å². The van der Waals surface area contributed by atoms with E-state index in [1.54, 1.807) is 6.07 Å². The Labute approximate surface area is 123 Å². The normalized spacial score (nSPS) is 25.1. The zero-order valence-electron chi connectivity index (χ0n) is 11.8. The highest BCUT2D eigenvalue weighted by Gasteiger charge is 2.35. The summed E-state index contributed by atoms with van der Waals surface area (Å²) in [5, 5.41) is 23.4. The molecule has 110 valence electrons. The zero-order valence-corrected chi connectivity index (χ0v) is 11.8. The van der Waals surface area contributed by atoms with Crippen LogP contribution in [-0.4, -0.2) is 35.0 Å². The Kier molecular flexibility index (Phi) is 3.76. The van der Waals surface area contributed by atoms with Gasteiger partial charge in [-0.25, -0.2) is 0 Å². The highest BCUT2D eigenvalue weighted by atomic mass is 16.6. The van der Waals surface area contributed by atoms with E-state index in [-0.39, 0.29) is 5.69 Å². The van der Waals surface area contributed by atoms with Crippen LogP contribution < -0.4 is 5.32 Å². The number of hydrogen-bond donors (Lipinski definition) is 1. The molecule has 0 unspecified atom stereocenters. The van der Waals surface area contributed by atoms with E-state index in [0.717, 1.165) is 19.5 Å². The van der Waals surface area contributed by atoms with E-state index < -0.39 is 4.92 Å². The van der Waals surface area contributed by atoms with Gasteiger partial charge in [0.1, 0.15) is 6.07 Å². The van der Waals surface area contributed by atoms with Crippen LogP contribution in [0.25, 0.3) is 0 Å². The Balaban J connectivity index is 1.79. The molecule has 0 saturated carbocycles. The first-order valence-electron chi connectivity index (χ1n) is 7.38. The van der Waals surface area contributed by atoms with Gasteiger partial charge in [0, 0.05) is 30.8 Å². The highest BCUT2D eigenvalue weighted by molar-refractivity contribution is 5.62. The predicted octanol–water partition coefficient (Wildman–Crippen LogP) is 2.51. The summed E-state index contributed by atoms with van der Waals surface area (Å²) in [4.78, 5) is 12.8. The number of fused-ring (bicyclic) bond motifs is 1. The SMILES string of the molecule is N#Cc1cc([N+](=O)[O-])ccc1N[C@H]1CCN2CCCC[C@H]12. The van der Waals surface area contributed by atoms with E-state index in [1.165, 1.54) is 31.4 Å². The van der Waals surface area contributed by atoms with Gasteiger partial charge in [0.25, 0.3) is 5.69 Å². The minimum Gasteiger partial charge on any atom is -0.380 e. The molecule has 6 nitrogen and oxygen atoms in total. The van der Waals surface area contributed by atoms with Crippen LogP contribution in [0.15, 0.2) is 18.2 Å². The second-order valence-corrected chi connectivity index (χ2v) is 5.74. The van der Waals surface area contributed by atoms with Crippen molar-refractivity contribution in [2.24, 2.45) is 0 Å². The van der Waals surface area contributed by atoms with Crippen LogP contribution >= 0.6 is 0 Å². The Morgan fingerprint density at radius 3 is 2.95 bits per heavy atom. The van der Waals surface area contributed by atoms with Crippen molar-refractivity contribution in [3.63, 3.8) is 0 Å². The van der Waals surface area contributed by atoms with E-state index in [1.807, 2.05) is 0 Å². The molecule has 2 aliphatic heterocycles. The Hall–Kier alpha value is -2.13. The number of nitro benzene ring substituents is 1. The maximum Gasteiger partial charge on any atom is 0.270 e. The molecule has 2 heterocycles. The number of hydrogen-bond acceptors (Lipinski definition) is 5. The average Bonchev–Trinajstić information content (AvgIpc) is 2.91. The summed E-state index contributed by atoms with van der Waals surface area (Å²) in [5.74, 6) is 0. The average molecular weight is 286 g/mol. The predicted molar refractivity (Wildman–Crippen MR) is 79.1 cm³/mol. The first kappa shape index (κ1) is 13.8. The van der Waals surface area contributed by atoms with Gasteiger partial charge in [-0.3, -0.25) is 15.0 Å². The lowest BCUT2D eigenvalue weighted by Crippen LogP contribution is -2.41. The van der Waals surface area contributed by atoms with Crippen molar-refractivity contribution < 1.29 is 4.92 Å². The smallest absolute Gasteiger partial charge is 0.270 e. The van der Waals surface area contributed by atoms with Gasteiger partial charge in [0.15, 0.2) is 0 Å². The van der Waals surface area contributed by atoms with Crippen molar-refractivity contribution in [1.82, 2.24) is 4.90 Å². The number of benzene rings is 1. The summed E-state index contributed by atoms with van der Waals surface area (Å²) in [5.41, 5.74) is 1.02. The second kappa shape index (κ2) is 5.70. The standard InChI is InChI=1S/C15H18N4O2/c16-10-11-9-12(19(20)21)4-5-13(11)17-14-6-8-18-7-2-1-3-15(14)18/h4-5,9,14-15,17H,1-3,6-8H2/t14-,15+/m0/s1. The Morgan fingerprint density at radius 2 is 2.19 bits per heavy atom. The molecule has 2 aliphatic rings. The summed E-state index contributed by atoms with van der Waals surface area (Å²) in [7, 11) is 0. The van der Waals surface area contributed by atoms with Crippen LogP contribution in [0.3, 0.4) is 0 Å². The van der Waals surface area contributed by atoms with Crippen LogP contribution in [0, 0.1) is 21.4 Å². The Morgan fingerprint density at radius 1 is 1.33 bits per heavy atom. The first-order valence-corrected chi connectivity index (χ1v) is 7.38. The van der Waals surface area contributed by atoms with Crippen molar-refractivity contribution in [2.45, 2.75) is 37.8 Å². The number of piperidine rings is 1. The number of nitriles is 1. The molecule has 0 aromatic heterocycles. The molecule has 0 bridgehead atoms. The largest absolute Gasteiger partial charge is 0.380 e. The van der Waals surface area contributed by atoms with Crippen LogP contribution in [-0.2, 0) is 0 Å². The third kappa shape index (κ3) is 2.69. The molecular formula is C15H18N4O2. The lowest BCUT2D eigenvalue weighted by Gasteiger charge is -2.33. The van der Waals surface area contributed by atoms with Crippen LogP contribution in [0.2, 0.25) is 0 Å². The minimum absolute atomic E-state index is 0.0391. The fourth-order valence-electron chi connectivity index (χ4n) is 3.48. The summed E-state index contributed by atoms with van der Waals surface area (Å²) in [6, 6.07) is 7.37. The molecule has 2 saturated heterocycles. The first-order chi connectivity index (χ1) is 10.2. The maximum atomic E-state index is 10.8. The van der Waals surface area contributed by atoms with Crippen molar-refractivity contribution in [2.75, 3.05) is 18.4 Å². The van der Waals surface area contributed by atoms with Gasteiger partial charge >= 0.3 is 0 Å². The van der Waals surface area contributed by atoms with Gasteiger partial charge in [-0.05, 0) is 31.9 Å². The lowest BCUT2D eigenvalue weighted by atomic mass is 9.98. The molecular weight excluding hydrogens is 268 g/mol. The topological polar surface area (TPSA) is 82.2 Å². The molecule has 3 rings (SSSR count). The number of nitrogens with zero attached hydrogens (tertiary/aromatic N) is 3. The van der Waals surface area contributed by atoms with Crippen LogP contribution in [0.4, 0.5) is 11.4 Å². The fourth-order valence-corrected chi connectivity index (χ4v) is 3.48. The number of anilines is 1. The van der Waals surface area contributed by atoms with Crippen molar-refractivity contribution in [3.8, 4) is 6.07 Å². The van der Waals surface area contributed by atoms with E-state index >= 15 is 0 Å². The van der Waals surface area contributed by atoms with Gasteiger partial charge in [0.2, 0.25) is 0 Å². The van der Waals surface area contributed by atoms with E-state index in [4.69, 9.17) is 0 Å². The third-order valence-corrected chi connectivity index (χ3v) is 4.53. The summed E-state index contributed by atoms with van der Waals surface area (Å²) < 4.78 is 0. The molecule has 1 N–H and O–H groups in total. The molecule has 1 aromatic rings. The van der Waals surface area contributed by atoms with Gasteiger partial charge in [-0.2, -0.15) is 5.26 Å². The third-order valence-electron chi connectivity index (χ3n) is 4.53. The molecule has 21 heavy (non-hydrogen) atoms. The molecule has 0 spiro atoms. The number of nitrogens with one attached hydrogen (secondary N) is 1. The van der Waals surface area contributed by atoms with Gasteiger partial charge in [-0.1, -0.05) is 6.42 Å². The molecule has 2 atom stereocenters. The number of rotatable bonds is 3. The number of nitro groups is 1. The Bertz CT molecular complexity index is 596. The van der Waals surface area contributed by atoms with Crippen molar-refractivity contribution in [3.05, 3.63) is 33.9 Å². The van der Waals surface area contributed by atoms with Crippen LogP contribution in [0.5, 0.6) is 0 Å². The van der Waals surface area contributed by atoms with Crippen molar-refractivity contribution >= 4 is 11.4 Å². The summed E-state index contributed by atoms with van der Waals surface area (Å²) in [6.45, 7) is 2.26. The maximum absolute atomic E-state index is 10.8. The van der Waals surface area contributed by atoms with E-state index in [9.17, 15) is 15.4 Å². The van der Waals surface area contributed by atoms with Crippen molar-refractivity contribution in [1.29, 1.82) is 5.26 Å². The minimum atomic E-state index is -0.469. The molecule has 0 radical (unpaired) electrons. The zero-order chi connectivity index (χ0) is 14.8. The summed E-state index contributed by atoms with van der Waals surface area (Å²) >= 11 is 0. The monoisotopic (exact) mass is 286 g/mol. The highest BCUT2D eigenvalue weighted by Crippen LogP contribution is 2.31. The van der Waals surface area contributed by atoms with Gasteiger partial charge in [0.05, 0.1) is 16.2 Å². The quantitative estimate of drug-likeness (QED) is 0.682. The van der Waals surface area contributed by atoms with E-state index in [0.29, 0.717) is 23.3 Å². The second-order valence-electron chi connectivity index (χ2n) is 5.74. The fraction of sp³-hybridized carbons (Fsp3) is 0.533. The molecule has 0 aliphatic carbocycles. The molecule has 6 heteroatoms. The number of non-ortho nitro benzene ring substituents is 1. The molecule has 0 amide bonds. The molecule has 1 aromatic carbocycles. The lowest BCUT2D eigenvalue weighted by molar-refractivity contribution is -0.384.